The predicted molar refractivity (Wildman–Crippen MR) is 111 cm³/mol. The fraction of sp³-hybridized carbons (Fsp3) is 0.478. The van der Waals surface area contributed by atoms with Gasteiger partial charge in [0, 0.05) is 19.3 Å². The molecule has 2 aromatic heterocycles. The molecule has 0 bridgehead atoms. The Bertz CT molecular complexity index is 971. The second kappa shape index (κ2) is 7.93. The van der Waals surface area contributed by atoms with Gasteiger partial charge in [-0.1, -0.05) is 48.4 Å². The van der Waals surface area contributed by atoms with Gasteiger partial charge in [-0.05, 0) is 49.3 Å². The summed E-state index contributed by atoms with van der Waals surface area (Å²) in [6.45, 7) is 1.54. The number of hydrogen-bond acceptors (Lipinski definition) is 4. The molecule has 2 aliphatic rings. The van der Waals surface area contributed by atoms with E-state index < -0.39 is 0 Å². The summed E-state index contributed by atoms with van der Waals surface area (Å²) in [4.78, 5) is 20.1. The second-order valence-electron chi connectivity index (χ2n) is 8.37. The third kappa shape index (κ3) is 3.52. The van der Waals surface area contributed by atoms with Crippen LogP contribution in [0, 0.1) is 5.92 Å². The van der Waals surface area contributed by atoms with Crippen molar-refractivity contribution in [1.29, 1.82) is 0 Å². The van der Waals surface area contributed by atoms with Gasteiger partial charge < -0.3 is 4.90 Å². The number of hydrogen-bond donors (Lipinski definition) is 0. The fourth-order valence-electron chi connectivity index (χ4n) is 5.12. The number of piperidine rings is 1. The first-order valence-corrected chi connectivity index (χ1v) is 10.8. The van der Waals surface area contributed by atoms with Gasteiger partial charge in [0.05, 0.1) is 12.0 Å². The van der Waals surface area contributed by atoms with Crippen LogP contribution < -0.4 is 0 Å². The number of aromatic nitrogens is 4. The molecular weight excluding hydrogens is 362 g/mol. The Morgan fingerprint density at radius 1 is 0.966 bits per heavy atom. The maximum Gasteiger partial charge on any atom is 0.230 e. The Balaban J connectivity index is 1.32. The minimum Gasteiger partial charge on any atom is -0.342 e. The number of likely N-dealkylation sites (tertiary alicyclic amines) is 1. The summed E-state index contributed by atoms with van der Waals surface area (Å²) in [5, 5.41) is 8.57. The molecule has 5 rings (SSSR count). The molecule has 150 valence electrons. The highest BCUT2D eigenvalue weighted by molar-refractivity contribution is 5.84. The van der Waals surface area contributed by atoms with Gasteiger partial charge in [0.25, 0.3) is 0 Å². The van der Waals surface area contributed by atoms with Crippen molar-refractivity contribution in [2.45, 2.75) is 50.5 Å². The molecule has 1 aliphatic carbocycles. The highest BCUT2D eigenvalue weighted by Crippen LogP contribution is 2.39. The molecule has 1 saturated carbocycles. The smallest absolute Gasteiger partial charge is 0.230 e. The van der Waals surface area contributed by atoms with E-state index in [-0.39, 0.29) is 12.0 Å². The number of fused-ring (bicyclic) bond motifs is 1. The van der Waals surface area contributed by atoms with Crippen molar-refractivity contribution >= 4 is 17.1 Å². The molecule has 1 amide bonds. The van der Waals surface area contributed by atoms with E-state index in [9.17, 15) is 4.79 Å². The lowest BCUT2D eigenvalue weighted by Gasteiger charge is -2.36. The van der Waals surface area contributed by atoms with Crippen LogP contribution in [0.1, 0.15) is 56.0 Å². The number of amides is 1. The van der Waals surface area contributed by atoms with Gasteiger partial charge in [-0.3, -0.25) is 4.79 Å². The van der Waals surface area contributed by atoms with Gasteiger partial charge in [-0.15, -0.1) is 5.10 Å². The first-order chi connectivity index (χ1) is 14.3. The van der Waals surface area contributed by atoms with Crippen LogP contribution in [-0.4, -0.2) is 43.9 Å². The molecule has 0 spiro atoms. The van der Waals surface area contributed by atoms with E-state index in [0.29, 0.717) is 11.8 Å². The summed E-state index contributed by atoms with van der Waals surface area (Å²) in [7, 11) is 0. The molecule has 0 radical (unpaired) electrons. The van der Waals surface area contributed by atoms with E-state index in [0.717, 1.165) is 37.1 Å². The van der Waals surface area contributed by atoms with Gasteiger partial charge in [-0.25, -0.2) is 9.67 Å². The molecular formula is C23H27N5O. The average molecular weight is 390 g/mol. The van der Waals surface area contributed by atoms with Crippen molar-refractivity contribution < 1.29 is 4.79 Å². The number of nitrogens with zero attached hydrogens (tertiary/aromatic N) is 5. The summed E-state index contributed by atoms with van der Waals surface area (Å²) in [6, 6.07) is 14.5. The molecule has 6 heteroatoms. The monoisotopic (exact) mass is 389 g/mol. The molecule has 2 fully saturated rings. The summed E-state index contributed by atoms with van der Waals surface area (Å²) in [6.07, 6.45) is 8.40. The number of carbonyl (C=O) groups excluding carboxylic acids is 1. The lowest BCUT2D eigenvalue weighted by atomic mass is 9.83. The van der Waals surface area contributed by atoms with Crippen molar-refractivity contribution in [3.8, 4) is 0 Å². The van der Waals surface area contributed by atoms with Gasteiger partial charge >= 0.3 is 0 Å². The lowest BCUT2D eigenvalue weighted by molar-refractivity contribution is -0.135. The Morgan fingerprint density at radius 3 is 2.48 bits per heavy atom. The van der Waals surface area contributed by atoms with E-state index >= 15 is 0 Å². The zero-order chi connectivity index (χ0) is 19.6. The first-order valence-electron chi connectivity index (χ1n) is 10.8. The second-order valence-corrected chi connectivity index (χ2v) is 8.37. The quantitative estimate of drug-likeness (QED) is 0.677. The van der Waals surface area contributed by atoms with Gasteiger partial charge in [0.2, 0.25) is 5.91 Å². The largest absolute Gasteiger partial charge is 0.342 e. The van der Waals surface area contributed by atoms with E-state index in [1.807, 2.05) is 22.9 Å². The van der Waals surface area contributed by atoms with Crippen molar-refractivity contribution in [1.82, 2.24) is 24.9 Å². The van der Waals surface area contributed by atoms with Crippen LogP contribution in [0.2, 0.25) is 0 Å². The number of rotatable bonds is 4. The molecule has 1 aliphatic heterocycles. The van der Waals surface area contributed by atoms with Crippen molar-refractivity contribution in [2.75, 3.05) is 13.1 Å². The lowest BCUT2D eigenvalue weighted by Crippen LogP contribution is -2.43. The zero-order valence-corrected chi connectivity index (χ0v) is 16.7. The van der Waals surface area contributed by atoms with Crippen LogP contribution in [0.3, 0.4) is 0 Å². The van der Waals surface area contributed by atoms with Crippen molar-refractivity contribution in [3.63, 3.8) is 0 Å². The van der Waals surface area contributed by atoms with Crippen LogP contribution in [0.4, 0.5) is 0 Å². The molecule has 29 heavy (non-hydrogen) atoms. The van der Waals surface area contributed by atoms with Crippen LogP contribution >= 0.6 is 0 Å². The minimum absolute atomic E-state index is 0.00381. The van der Waals surface area contributed by atoms with Crippen molar-refractivity contribution in [3.05, 3.63) is 54.2 Å². The molecule has 3 aromatic rings. The summed E-state index contributed by atoms with van der Waals surface area (Å²) < 4.78 is 1.95. The fourth-order valence-corrected chi connectivity index (χ4v) is 5.12. The SMILES string of the molecule is O=C(C(c1ccccc1)C1CCCC1)N1CCC(n2nnc3cccnc32)CC1. The number of pyridine rings is 1. The van der Waals surface area contributed by atoms with Crippen molar-refractivity contribution in [2.24, 2.45) is 5.92 Å². The number of carbonyl (C=O) groups is 1. The summed E-state index contributed by atoms with van der Waals surface area (Å²) >= 11 is 0. The zero-order valence-electron chi connectivity index (χ0n) is 16.7. The Morgan fingerprint density at radius 2 is 1.72 bits per heavy atom. The molecule has 1 unspecified atom stereocenters. The van der Waals surface area contributed by atoms with Crippen LogP contribution in [0.25, 0.3) is 11.2 Å². The topological polar surface area (TPSA) is 63.9 Å². The van der Waals surface area contributed by atoms with Gasteiger partial charge in [0.15, 0.2) is 5.65 Å². The highest BCUT2D eigenvalue weighted by Gasteiger charge is 2.36. The molecule has 6 nitrogen and oxygen atoms in total. The standard InChI is InChI=1S/C23H27N5O/c29-23(21(18-9-4-5-10-18)17-7-2-1-3-8-17)27-15-12-19(13-16-27)28-22-20(25-26-28)11-6-14-24-22/h1-3,6-8,11,14,18-19,21H,4-5,9-10,12-13,15-16H2. The minimum atomic E-state index is 0.00381. The Kier molecular flexibility index (Phi) is 5.00. The Hall–Kier alpha value is -2.76. The number of benzene rings is 1. The maximum atomic E-state index is 13.6. The third-order valence-electron chi connectivity index (χ3n) is 6.65. The van der Waals surface area contributed by atoms with E-state index in [1.165, 1.54) is 31.2 Å². The molecule has 3 heterocycles. The maximum absolute atomic E-state index is 13.6. The summed E-state index contributed by atoms with van der Waals surface area (Å²) in [5.74, 6) is 0.790. The Labute approximate surface area is 170 Å². The molecule has 1 atom stereocenters. The van der Waals surface area contributed by atoms with Crippen LogP contribution in [-0.2, 0) is 4.79 Å². The highest BCUT2D eigenvalue weighted by atomic mass is 16.2. The predicted octanol–water partition coefficient (Wildman–Crippen LogP) is 3.96. The third-order valence-corrected chi connectivity index (χ3v) is 6.65. The normalized spacial score (nSPS) is 19.7. The molecule has 0 N–H and O–H groups in total. The van der Waals surface area contributed by atoms with Crippen LogP contribution in [0.5, 0.6) is 0 Å². The van der Waals surface area contributed by atoms with Gasteiger partial charge in [-0.2, -0.15) is 0 Å². The average Bonchev–Trinajstić information content (AvgIpc) is 3.45. The van der Waals surface area contributed by atoms with E-state index in [1.54, 1.807) is 6.20 Å². The van der Waals surface area contributed by atoms with Gasteiger partial charge in [0.1, 0.15) is 5.52 Å². The molecule has 1 saturated heterocycles. The molecule has 1 aromatic carbocycles. The van der Waals surface area contributed by atoms with Crippen LogP contribution in [0.15, 0.2) is 48.7 Å². The van der Waals surface area contributed by atoms with E-state index in [4.69, 9.17) is 0 Å². The first kappa shape index (κ1) is 18.3. The van der Waals surface area contributed by atoms with E-state index in [2.05, 4.69) is 44.5 Å². The summed E-state index contributed by atoms with van der Waals surface area (Å²) in [5.41, 5.74) is 2.85.